The summed E-state index contributed by atoms with van der Waals surface area (Å²) in [5, 5.41) is 3.83. The van der Waals surface area contributed by atoms with Crippen LogP contribution in [0.5, 0.6) is 5.75 Å². The second kappa shape index (κ2) is 13.8. The van der Waals surface area contributed by atoms with Crippen LogP contribution < -0.4 is 10.1 Å². The highest BCUT2D eigenvalue weighted by atomic mass is 79.9. The number of hydrogen-bond acceptors (Lipinski definition) is 3. The monoisotopic (exact) mass is 596 g/mol. The molecule has 200 valence electrons. The summed E-state index contributed by atoms with van der Waals surface area (Å²) in [6, 6.07) is 22.5. The van der Waals surface area contributed by atoms with Gasteiger partial charge in [0.1, 0.15) is 11.8 Å². The first-order valence-electron chi connectivity index (χ1n) is 13.2. The first-order chi connectivity index (χ1) is 18.4. The van der Waals surface area contributed by atoms with E-state index in [1.165, 1.54) is 6.42 Å². The van der Waals surface area contributed by atoms with Crippen molar-refractivity contribution in [2.45, 2.75) is 64.1 Å². The summed E-state index contributed by atoms with van der Waals surface area (Å²) < 4.78 is 6.56. The van der Waals surface area contributed by atoms with Crippen LogP contribution in [-0.4, -0.2) is 35.4 Å². The largest absolute Gasteiger partial charge is 0.483 e. The van der Waals surface area contributed by atoms with E-state index in [9.17, 15) is 9.59 Å². The summed E-state index contributed by atoms with van der Waals surface area (Å²) in [6.07, 6.45) is 5.80. The maximum Gasteiger partial charge on any atom is 0.261 e. The van der Waals surface area contributed by atoms with E-state index in [2.05, 4.69) is 27.3 Å². The number of amides is 2. The molecule has 0 unspecified atom stereocenters. The zero-order chi connectivity index (χ0) is 26.9. The molecule has 3 aromatic rings. The van der Waals surface area contributed by atoms with Crippen LogP contribution >= 0.6 is 27.5 Å². The zero-order valence-electron chi connectivity index (χ0n) is 21.7. The van der Waals surface area contributed by atoms with Gasteiger partial charge in [0.15, 0.2) is 6.61 Å². The lowest BCUT2D eigenvalue weighted by Gasteiger charge is -2.33. The third-order valence-corrected chi connectivity index (χ3v) is 7.76. The molecule has 0 radical (unpaired) electrons. The molecule has 1 saturated carbocycles. The molecule has 1 fully saturated rings. The van der Waals surface area contributed by atoms with Gasteiger partial charge in [0.2, 0.25) is 5.91 Å². The van der Waals surface area contributed by atoms with Gasteiger partial charge in [0.25, 0.3) is 5.91 Å². The lowest BCUT2D eigenvalue weighted by atomic mass is 9.94. The topological polar surface area (TPSA) is 58.6 Å². The van der Waals surface area contributed by atoms with Crippen LogP contribution in [0.2, 0.25) is 5.02 Å². The van der Waals surface area contributed by atoms with E-state index in [1.807, 2.05) is 55.5 Å². The molecule has 3 aromatic carbocycles. The predicted molar refractivity (Wildman–Crippen MR) is 155 cm³/mol. The van der Waals surface area contributed by atoms with Gasteiger partial charge < -0.3 is 15.0 Å². The van der Waals surface area contributed by atoms with Crippen molar-refractivity contribution in [2.75, 3.05) is 6.61 Å². The van der Waals surface area contributed by atoms with E-state index in [0.717, 1.165) is 42.4 Å². The van der Waals surface area contributed by atoms with Gasteiger partial charge in [0, 0.05) is 24.0 Å². The van der Waals surface area contributed by atoms with Gasteiger partial charge in [-0.2, -0.15) is 0 Å². The van der Waals surface area contributed by atoms with Crippen LogP contribution in [-0.2, 0) is 22.6 Å². The summed E-state index contributed by atoms with van der Waals surface area (Å²) in [7, 11) is 0. The standard InChI is InChI=1S/C31H34BrClN2O3/c1-22-9-8-12-24(17-22)20-35(30(36)21-38-29-16-15-25(33)19-27(29)32)28(18-23-10-4-2-5-11-23)31(37)34-26-13-6-3-7-14-26/h2,4-5,8-12,15-17,19,26,28H,3,6-7,13-14,18,20-21H2,1H3,(H,34,37)/t28-/m0/s1. The van der Waals surface area contributed by atoms with E-state index in [-0.39, 0.29) is 24.5 Å². The third-order valence-electron chi connectivity index (χ3n) is 6.90. The molecule has 7 heteroatoms. The van der Waals surface area contributed by atoms with Crippen LogP contribution in [0.3, 0.4) is 0 Å². The van der Waals surface area contributed by atoms with Gasteiger partial charge in [-0.05, 0) is 65.0 Å². The lowest BCUT2D eigenvalue weighted by Crippen LogP contribution is -2.53. The van der Waals surface area contributed by atoms with E-state index in [0.29, 0.717) is 28.2 Å². The van der Waals surface area contributed by atoms with Gasteiger partial charge in [-0.1, -0.05) is 91.0 Å². The lowest BCUT2D eigenvalue weighted by molar-refractivity contribution is -0.143. The Morgan fingerprint density at radius 3 is 2.45 bits per heavy atom. The van der Waals surface area contributed by atoms with Gasteiger partial charge >= 0.3 is 0 Å². The minimum absolute atomic E-state index is 0.116. The Hall–Kier alpha value is -2.83. The number of carbonyl (C=O) groups is 2. The second-order valence-electron chi connectivity index (χ2n) is 9.92. The minimum Gasteiger partial charge on any atom is -0.483 e. The molecule has 0 aliphatic heterocycles. The van der Waals surface area contributed by atoms with E-state index < -0.39 is 6.04 Å². The number of carbonyl (C=O) groups excluding carboxylic acids is 2. The fourth-order valence-electron chi connectivity index (χ4n) is 4.92. The van der Waals surface area contributed by atoms with Crippen molar-refractivity contribution < 1.29 is 14.3 Å². The maximum absolute atomic E-state index is 13.8. The molecule has 1 aliphatic carbocycles. The molecule has 0 bridgehead atoms. The van der Waals surface area contributed by atoms with Crippen molar-refractivity contribution in [1.82, 2.24) is 10.2 Å². The Balaban J connectivity index is 1.62. The van der Waals surface area contributed by atoms with Crippen LogP contribution in [0, 0.1) is 6.92 Å². The molecule has 1 atom stereocenters. The third kappa shape index (κ3) is 8.08. The molecule has 1 N–H and O–H groups in total. The Bertz CT molecular complexity index is 1230. The molecule has 0 spiro atoms. The average Bonchev–Trinajstić information content (AvgIpc) is 2.91. The maximum atomic E-state index is 13.8. The molecule has 1 aliphatic rings. The smallest absolute Gasteiger partial charge is 0.261 e. The molecule has 0 saturated heterocycles. The number of aryl methyl sites for hydroxylation is 1. The first kappa shape index (κ1) is 28.2. The van der Waals surface area contributed by atoms with E-state index in [4.69, 9.17) is 16.3 Å². The van der Waals surface area contributed by atoms with Crippen LogP contribution in [0.25, 0.3) is 0 Å². The Morgan fingerprint density at radius 2 is 1.74 bits per heavy atom. The molecule has 4 rings (SSSR count). The number of nitrogens with zero attached hydrogens (tertiary/aromatic N) is 1. The number of halogens is 2. The summed E-state index contributed by atoms with van der Waals surface area (Å²) in [5.74, 6) is 0.145. The van der Waals surface area contributed by atoms with Crippen molar-refractivity contribution in [3.8, 4) is 5.75 Å². The predicted octanol–water partition coefficient (Wildman–Crippen LogP) is 6.88. The normalized spacial score (nSPS) is 14.5. The van der Waals surface area contributed by atoms with Crippen molar-refractivity contribution in [2.24, 2.45) is 0 Å². The van der Waals surface area contributed by atoms with Crippen LogP contribution in [0.4, 0.5) is 0 Å². The van der Waals surface area contributed by atoms with Gasteiger partial charge in [-0.15, -0.1) is 0 Å². The van der Waals surface area contributed by atoms with Crippen molar-refractivity contribution in [3.63, 3.8) is 0 Å². The van der Waals surface area contributed by atoms with Crippen LogP contribution in [0.15, 0.2) is 77.3 Å². The highest BCUT2D eigenvalue weighted by Crippen LogP contribution is 2.28. The molecule has 0 heterocycles. The highest BCUT2D eigenvalue weighted by molar-refractivity contribution is 9.10. The van der Waals surface area contributed by atoms with Gasteiger partial charge in [-0.25, -0.2) is 0 Å². The first-order valence-corrected chi connectivity index (χ1v) is 14.3. The van der Waals surface area contributed by atoms with Crippen molar-refractivity contribution in [3.05, 3.63) is 99.0 Å². The molecule has 5 nitrogen and oxygen atoms in total. The Morgan fingerprint density at radius 1 is 1.00 bits per heavy atom. The summed E-state index contributed by atoms with van der Waals surface area (Å²) in [4.78, 5) is 29.3. The quantitative estimate of drug-likeness (QED) is 0.277. The molecular formula is C31H34BrClN2O3. The summed E-state index contributed by atoms with van der Waals surface area (Å²) in [5.41, 5.74) is 3.07. The molecule has 0 aromatic heterocycles. The van der Waals surface area contributed by atoms with Gasteiger partial charge in [0.05, 0.1) is 4.47 Å². The number of ether oxygens (including phenoxy) is 1. The summed E-state index contributed by atoms with van der Waals surface area (Å²) in [6.45, 7) is 2.13. The number of rotatable bonds is 10. The number of benzene rings is 3. The van der Waals surface area contributed by atoms with E-state index >= 15 is 0 Å². The Labute approximate surface area is 238 Å². The average molecular weight is 598 g/mol. The molecular weight excluding hydrogens is 564 g/mol. The fraction of sp³-hybridized carbons (Fsp3) is 0.355. The second-order valence-corrected chi connectivity index (χ2v) is 11.2. The molecule has 2 amide bonds. The minimum atomic E-state index is -0.676. The fourth-order valence-corrected chi connectivity index (χ4v) is 5.72. The zero-order valence-corrected chi connectivity index (χ0v) is 24.0. The molecule has 38 heavy (non-hydrogen) atoms. The highest BCUT2D eigenvalue weighted by Gasteiger charge is 2.32. The number of hydrogen-bond donors (Lipinski definition) is 1. The summed E-state index contributed by atoms with van der Waals surface area (Å²) >= 11 is 9.51. The van der Waals surface area contributed by atoms with Crippen molar-refractivity contribution >= 4 is 39.3 Å². The van der Waals surface area contributed by atoms with Crippen molar-refractivity contribution in [1.29, 1.82) is 0 Å². The van der Waals surface area contributed by atoms with Crippen LogP contribution in [0.1, 0.15) is 48.8 Å². The SMILES string of the molecule is Cc1cccc(CN(C(=O)COc2ccc(Cl)cc2Br)[C@@H](Cc2ccccc2)C(=O)NC2CCCCC2)c1. The number of nitrogens with one attached hydrogen (secondary N) is 1. The van der Waals surface area contributed by atoms with E-state index in [1.54, 1.807) is 23.1 Å². The Kier molecular flexibility index (Phi) is 10.2. The van der Waals surface area contributed by atoms with Gasteiger partial charge in [-0.3, -0.25) is 9.59 Å².